The average Bonchev–Trinajstić information content (AvgIpc) is 2.25. The van der Waals surface area contributed by atoms with Gasteiger partial charge in [0.2, 0.25) is 0 Å². The first-order valence-corrected chi connectivity index (χ1v) is 4.64. The van der Waals surface area contributed by atoms with Crippen LogP contribution in [0, 0.1) is 6.92 Å². The van der Waals surface area contributed by atoms with Crippen LogP contribution in [-0.4, -0.2) is 13.1 Å². The number of esters is 1. The van der Waals surface area contributed by atoms with Crippen LogP contribution in [0.1, 0.15) is 11.1 Å². The maximum Gasteiger partial charge on any atom is 0.334 e. The number of hydrogen-bond acceptors (Lipinski definition) is 3. The Bertz CT molecular complexity index is 356. The van der Waals surface area contributed by atoms with Crippen LogP contribution in [0.15, 0.2) is 36.6 Å². The lowest BCUT2D eigenvalue weighted by Crippen LogP contribution is -2.02. The lowest BCUT2D eigenvalue weighted by atomic mass is 10.1. The normalized spacial score (nSPS) is 10.3. The first-order valence-electron chi connectivity index (χ1n) is 4.64. The molecule has 0 amide bonds. The number of methoxy groups -OCH3 is 1. The van der Waals surface area contributed by atoms with E-state index in [0.29, 0.717) is 6.61 Å². The van der Waals surface area contributed by atoms with Gasteiger partial charge in [-0.3, -0.25) is 0 Å². The van der Waals surface area contributed by atoms with Crippen molar-refractivity contribution in [1.82, 2.24) is 0 Å². The van der Waals surface area contributed by atoms with Gasteiger partial charge >= 0.3 is 5.97 Å². The predicted molar refractivity (Wildman–Crippen MR) is 57.1 cm³/mol. The molecule has 0 bridgehead atoms. The molecule has 0 saturated carbocycles. The fraction of sp³-hybridized carbons (Fsp3) is 0.250. The Hall–Kier alpha value is -1.77. The molecule has 1 rings (SSSR count). The minimum absolute atomic E-state index is 0.291. The van der Waals surface area contributed by atoms with Crippen molar-refractivity contribution in [1.29, 1.82) is 0 Å². The SMILES string of the molecule is CO/C=C/C(=O)OCc1ccccc1C. The molecule has 0 atom stereocenters. The molecule has 1 aromatic rings. The van der Waals surface area contributed by atoms with Gasteiger partial charge in [0.15, 0.2) is 0 Å². The van der Waals surface area contributed by atoms with Gasteiger partial charge in [0.25, 0.3) is 0 Å². The van der Waals surface area contributed by atoms with Crippen molar-refractivity contribution in [3.63, 3.8) is 0 Å². The minimum atomic E-state index is -0.403. The molecule has 0 aliphatic rings. The maximum atomic E-state index is 11.1. The summed E-state index contributed by atoms with van der Waals surface area (Å²) in [6.07, 6.45) is 2.54. The third-order valence-electron chi connectivity index (χ3n) is 1.97. The van der Waals surface area contributed by atoms with Crippen molar-refractivity contribution in [3.8, 4) is 0 Å². The van der Waals surface area contributed by atoms with Crippen molar-refractivity contribution in [2.75, 3.05) is 7.11 Å². The highest BCUT2D eigenvalue weighted by Gasteiger charge is 2.00. The molecule has 0 unspecified atom stereocenters. The zero-order valence-electron chi connectivity index (χ0n) is 8.90. The van der Waals surface area contributed by atoms with E-state index < -0.39 is 5.97 Å². The lowest BCUT2D eigenvalue weighted by molar-refractivity contribution is -0.139. The van der Waals surface area contributed by atoms with Gasteiger partial charge in [0.1, 0.15) is 6.61 Å². The van der Waals surface area contributed by atoms with Gasteiger partial charge < -0.3 is 9.47 Å². The lowest BCUT2D eigenvalue weighted by Gasteiger charge is -2.04. The van der Waals surface area contributed by atoms with Crippen molar-refractivity contribution in [2.24, 2.45) is 0 Å². The third-order valence-corrected chi connectivity index (χ3v) is 1.97. The van der Waals surface area contributed by atoms with E-state index in [1.165, 1.54) is 19.4 Å². The first-order chi connectivity index (χ1) is 7.24. The van der Waals surface area contributed by atoms with E-state index in [9.17, 15) is 4.79 Å². The number of rotatable bonds is 4. The quantitative estimate of drug-likeness (QED) is 0.430. The van der Waals surface area contributed by atoms with Gasteiger partial charge in [-0.25, -0.2) is 4.79 Å². The van der Waals surface area contributed by atoms with Gasteiger partial charge in [0.05, 0.1) is 19.4 Å². The number of hydrogen-bond donors (Lipinski definition) is 0. The summed E-state index contributed by atoms with van der Waals surface area (Å²) in [7, 11) is 1.48. The average molecular weight is 206 g/mol. The van der Waals surface area contributed by atoms with E-state index in [1.807, 2.05) is 31.2 Å². The Balaban J connectivity index is 2.47. The Morgan fingerprint density at radius 1 is 1.40 bits per heavy atom. The molecule has 1 aromatic carbocycles. The smallest absolute Gasteiger partial charge is 0.334 e. The number of aryl methyl sites for hydroxylation is 1. The van der Waals surface area contributed by atoms with Crippen LogP contribution in [0.3, 0.4) is 0 Å². The molecule has 15 heavy (non-hydrogen) atoms. The zero-order valence-corrected chi connectivity index (χ0v) is 8.90. The zero-order chi connectivity index (χ0) is 11.1. The molecule has 0 aliphatic carbocycles. The van der Waals surface area contributed by atoms with Crippen molar-refractivity contribution < 1.29 is 14.3 Å². The van der Waals surface area contributed by atoms with Crippen LogP contribution in [-0.2, 0) is 20.9 Å². The van der Waals surface area contributed by atoms with Crippen molar-refractivity contribution in [3.05, 3.63) is 47.7 Å². The van der Waals surface area contributed by atoms with Gasteiger partial charge in [-0.05, 0) is 18.1 Å². The van der Waals surface area contributed by atoms with E-state index in [4.69, 9.17) is 4.74 Å². The largest absolute Gasteiger partial charge is 0.504 e. The molecule has 0 spiro atoms. The molecule has 3 nitrogen and oxygen atoms in total. The fourth-order valence-corrected chi connectivity index (χ4v) is 1.09. The summed E-state index contributed by atoms with van der Waals surface area (Å²) < 4.78 is 9.61. The first kappa shape index (κ1) is 11.3. The molecule has 0 radical (unpaired) electrons. The summed E-state index contributed by atoms with van der Waals surface area (Å²) in [5.74, 6) is -0.403. The van der Waals surface area contributed by atoms with Gasteiger partial charge in [-0.15, -0.1) is 0 Å². The summed E-state index contributed by atoms with van der Waals surface area (Å²) in [5.41, 5.74) is 2.12. The molecule has 80 valence electrons. The molecule has 3 heteroatoms. The monoisotopic (exact) mass is 206 g/mol. The van der Waals surface area contributed by atoms with E-state index in [1.54, 1.807) is 0 Å². The summed E-state index contributed by atoms with van der Waals surface area (Å²) >= 11 is 0. The van der Waals surface area contributed by atoms with E-state index in [-0.39, 0.29) is 0 Å². The summed E-state index contributed by atoms with van der Waals surface area (Å²) in [6.45, 7) is 2.27. The van der Waals surface area contributed by atoms with Gasteiger partial charge in [-0.2, -0.15) is 0 Å². The highest BCUT2D eigenvalue weighted by molar-refractivity contribution is 5.81. The number of ether oxygens (including phenoxy) is 2. The van der Waals surface area contributed by atoms with Crippen LogP contribution >= 0.6 is 0 Å². The molecule has 0 N–H and O–H groups in total. The van der Waals surface area contributed by atoms with Crippen LogP contribution in [0.4, 0.5) is 0 Å². The molecule has 0 saturated heterocycles. The molecule has 0 fully saturated rings. The number of carbonyl (C=O) groups excluding carboxylic acids is 1. The number of carbonyl (C=O) groups is 1. The molecule has 0 heterocycles. The standard InChI is InChI=1S/C12H14O3/c1-10-5-3-4-6-11(10)9-15-12(13)7-8-14-2/h3-8H,9H2,1-2H3/b8-7+. The highest BCUT2D eigenvalue weighted by Crippen LogP contribution is 2.08. The topological polar surface area (TPSA) is 35.5 Å². The summed E-state index contributed by atoms with van der Waals surface area (Å²) in [5, 5.41) is 0. The maximum absolute atomic E-state index is 11.1. The minimum Gasteiger partial charge on any atom is -0.504 e. The van der Waals surface area contributed by atoms with Crippen LogP contribution in [0.25, 0.3) is 0 Å². The molecular formula is C12H14O3. The predicted octanol–water partition coefficient (Wildman–Crippen LogP) is 2.20. The Labute approximate surface area is 89.3 Å². The Morgan fingerprint density at radius 3 is 2.80 bits per heavy atom. The Kier molecular flexibility index (Phi) is 4.41. The summed E-state index contributed by atoms with van der Waals surface area (Å²) in [6, 6.07) is 7.78. The number of benzene rings is 1. The fourth-order valence-electron chi connectivity index (χ4n) is 1.09. The van der Waals surface area contributed by atoms with Crippen LogP contribution in [0.2, 0.25) is 0 Å². The highest BCUT2D eigenvalue weighted by atomic mass is 16.5. The summed E-state index contributed by atoms with van der Waals surface area (Å²) in [4.78, 5) is 11.1. The molecular weight excluding hydrogens is 192 g/mol. The Morgan fingerprint density at radius 2 is 2.13 bits per heavy atom. The van der Waals surface area contributed by atoms with E-state index in [0.717, 1.165) is 11.1 Å². The van der Waals surface area contributed by atoms with Crippen LogP contribution < -0.4 is 0 Å². The second-order valence-corrected chi connectivity index (χ2v) is 3.07. The van der Waals surface area contributed by atoms with Crippen LogP contribution in [0.5, 0.6) is 0 Å². The van der Waals surface area contributed by atoms with Gasteiger partial charge in [-0.1, -0.05) is 24.3 Å². The molecule has 0 aromatic heterocycles. The van der Waals surface area contributed by atoms with E-state index >= 15 is 0 Å². The third kappa shape index (κ3) is 3.85. The second-order valence-electron chi connectivity index (χ2n) is 3.07. The van der Waals surface area contributed by atoms with Crippen molar-refractivity contribution in [2.45, 2.75) is 13.5 Å². The molecule has 0 aliphatic heterocycles. The van der Waals surface area contributed by atoms with Gasteiger partial charge in [0, 0.05) is 0 Å². The van der Waals surface area contributed by atoms with E-state index in [2.05, 4.69) is 4.74 Å². The second kappa shape index (κ2) is 5.86. The van der Waals surface area contributed by atoms with Crippen molar-refractivity contribution >= 4 is 5.97 Å².